The summed E-state index contributed by atoms with van der Waals surface area (Å²) in [7, 11) is 0. The van der Waals surface area contributed by atoms with E-state index in [-0.39, 0.29) is 11.9 Å². The molecule has 0 unspecified atom stereocenters. The van der Waals surface area contributed by atoms with Crippen LogP contribution in [0, 0.1) is 0 Å². The van der Waals surface area contributed by atoms with Crippen LogP contribution in [0.2, 0.25) is 0 Å². The number of aromatic nitrogens is 2. The Hall–Kier alpha value is -1.62. The average Bonchev–Trinajstić information content (AvgIpc) is 2.83. The van der Waals surface area contributed by atoms with Crippen LogP contribution < -0.4 is 0 Å². The molecule has 5 nitrogen and oxygen atoms in total. The van der Waals surface area contributed by atoms with Crippen molar-refractivity contribution in [3.63, 3.8) is 0 Å². The SMILES string of the molecule is C=CCOC[C@H]1c2c(ncn2C(C)C)CCN1C(C)=O. The predicted octanol–water partition coefficient (Wildman–Crippen LogP) is 2.11. The summed E-state index contributed by atoms with van der Waals surface area (Å²) in [6.07, 6.45) is 4.41. The second kappa shape index (κ2) is 6.22. The monoisotopic (exact) mass is 277 g/mol. The van der Waals surface area contributed by atoms with Gasteiger partial charge in [-0.05, 0) is 13.8 Å². The molecule has 0 N–H and O–H groups in total. The van der Waals surface area contributed by atoms with Crippen molar-refractivity contribution < 1.29 is 9.53 Å². The third-order valence-electron chi connectivity index (χ3n) is 3.67. The maximum Gasteiger partial charge on any atom is 0.220 e. The molecule has 0 spiro atoms. The van der Waals surface area contributed by atoms with E-state index in [0.29, 0.717) is 25.8 Å². The lowest BCUT2D eigenvalue weighted by Crippen LogP contribution is -2.42. The number of rotatable bonds is 5. The van der Waals surface area contributed by atoms with E-state index in [0.717, 1.165) is 17.8 Å². The lowest BCUT2D eigenvalue weighted by Gasteiger charge is -2.36. The standard InChI is InChI=1S/C15H23N3O2/c1-5-8-20-9-14-15-13(6-7-17(14)12(4)19)16-10-18(15)11(2)3/h5,10-11,14H,1,6-9H2,2-4H3/t14-/m0/s1. The molecule has 1 amide bonds. The quantitative estimate of drug-likeness (QED) is 0.612. The fourth-order valence-electron chi connectivity index (χ4n) is 2.72. The molecule has 1 aromatic heterocycles. The Morgan fingerprint density at radius 2 is 2.40 bits per heavy atom. The van der Waals surface area contributed by atoms with Crippen LogP contribution in [-0.4, -0.2) is 40.1 Å². The number of imidazole rings is 1. The topological polar surface area (TPSA) is 47.4 Å². The Labute approximate surface area is 120 Å². The Morgan fingerprint density at radius 3 is 3.00 bits per heavy atom. The fourth-order valence-corrected chi connectivity index (χ4v) is 2.72. The Morgan fingerprint density at radius 1 is 1.65 bits per heavy atom. The van der Waals surface area contributed by atoms with Crippen molar-refractivity contribution in [1.82, 2.24) is 14.5 Å². The fraction of sp³-hybridized carbons (Fsp3) is 0.600. The third-order valence-corrected chi connectivity index (χ3v) is 3.67. The first kappa shape index (κ1) is 14.8. The van der Waals surface area contributed by atoms with E-state index in [9.17, 15) is 4.79 Å². The summed E-state index contributed by atoms with van der Waals surface area (Å²) in [6.45, 7) is 11.2. The average molecular weight is 277 g/mol. The molecule has 2 rings (SSSR count). The Kier molecular flexibility index (Phi) is 4.60. The molecule has 0 aromatic carbocycles. The second-order valence-corrected chi connectivity index (χ2v) is 5.38. The van der Waals surface area contributed by atoms with Crippen LogP contribution in [0.15, 0.2) is 19.0 Å². The molecule has 0 bridgehead atoms. The number of nitrogens with zero attached hydrogens (tertiary/aromatic N) is 3. The zero-order valence-corrected chi connectivity index (χ0v) is 12.5. The minimum absolute atomic E-state index is 0.0545. The van der Waals surface area contributed by atoms with Gasteiger partial charge in [-0.3, -0.25) is 4.79 Å². The number of fused-ring (bicyclic) bond motifs is 1. The highest BCUT2D eigenvalue weighted by Crippen LogP contribution is 2.31. The summed E-state index contributed by atoms with van der Waals surface area (Å²) in [4.78, 5) is 18.3. The first-order valence-electron chi connectivity index (χ1n) is 7.07. The lowest BCUT2D eigenvalue weighted by molar-refractivity contribution is -0.133. The van der Waals surface area contributed by atoms with Gasteiger partial charge in [-0.15, -0.1) is 6.58 Å². The predicted molar refractivity (Wildman–Crippen MR) is 77.5 cm³/mol. The zero-order chi connectivity index (χ0) is 14.7. The van der Waals surface area contributed by atoms with Crippen molar-refractivity contribution in [2.24, 2.45) is 0 Å². The minimum atomic E-state index is -0.0545. The molecule has 1 aliphatic heterocycles. The molecule has 110 valence electrons. The van der Waals surface area contributed by atoms with Gasteiger partial charge in [0.2, 0.25) is 5.91 Å². The van der Waals surface area contributed by atoms with Gasteiger partial charge in [-0.25, -0.2) is 4.98 Å². The van der Waals surface area contributed by atoms with Crippen LogP contribution in [-0.2, 0) is 16.0 Å². The number of amides is 1. The summed E-state index contributed by atoms with van der Waals surface area (Å²) in [5.74, 6) is 0.0827. The first-order chi connectivity index (χ1) is 9.56. The molecule has 1 aromatic rings. The van der Waals surface area contributed by atoms with E-state index in [1.165, 1.54) is 0 Å². The molecule has 5 heteroatoms. The number of carbonyl (C=O) groups is 1. The molecule has 0 aliphatic carbocycles. The van der Waals surface area contributed by atoms with Gasteiger partial charge in [-0.1, -0.05) is 6.08 Å². The molecule has 0 radical (unpaired) electrons. The van der Waals surface area contributed by atoms with Gasteiger partial charge >= 0.3 is 0 Å². The third kappa shape index (κ3) is 2.77. The normalized spacial score (nSPS) is 18.2. The summed E-state index contributed by atoms with van der Waals surface area (Å²) in [5.41, 5.74) is 2.20. The van der Waals surface area contributed by atoms with Gasteiger partial charge in [0.1, 0.15) is 0 Å². The van der Waals surface area contributed by atoms with E-state index in [1.54, 1.807) is 13.0 Å². The maximum absolute atomic E-state index is 11.9. The van der Waals surface area contributed by atoms with Crippen LogP contribution in [0.3, 0.4) is 0 Å². The van der Waals surface area contributed by atoms with Gasteiger partial charge in [0.25, 0.3) is 0 Å². The first-order valence-corrected chi connectivity index (χ1v) is 7.07. The van der Waals surface area contributed by atoms with Crippen molar-refractivity contribution in [2.75, 3.05) is 19.8 Å². The summed E-state index contributed by atoms with van der Waals surface area (Å²) in [6, 6.07) is 0.265. The van der Waals surface area contributed by atoms with E-state index >= 15 is 0 Å². The molecule has 0 saturated heterocycles. The molecule has 1 aliphatic rings. The van der Waals surface area contributed by atoms with Crippen LogP contribution in [0.1, 0.15) is 44.2 Å². The Balaban J connectivity index is 2.33. The summed E-state index contributed by atoms with van der Waals surface area (Å²) >= 11 is 0. The van der Waals surface area contributed by atoms with E-state index in [1.807, 2.05) is 11.2 Å². The zero-order valence-electron chi connectivity index (χ0n) is 12.5. The number of hydrogen-bond acceptors (Lipinski definition) is 3. The van der Waals surface area contributed by atoms with Gasteiger partial charge in [0.05, 0.1) is 37.0 Å². The van der Waals surface area contributed by atoms with Crippen molar-refractivity contribution >= 4 is 5.91 Å². The van der Waals surface area contributed by atoms with Crippen LogP contribution >= 0.6 is 0 Å². The van der Waals surface area contributed by atoms with Crippen LogP contribution in [0.5, 0.6) is 0 Å². The second-order valence-electron chi connectivity index (χ2n) is 5.38. The molecule has 0 saturated carbocycles. The molecule has 20 heavy (non-hydrogen) atoms. The van der Waals surface area contributed by atoms with E-state index < -0.39 is 0 Å². The van der Waals surface area contributed by atoms with Gasteiger partial charge < -0.3 is 14.2 Å². The van der Waals surface area contributed by atoms with Crippen molar-refractivity contribution in [1.29, 1.82) is 0 Å². The molecular formula is C15H23N3O2. The molecule has 1 atom stereocenters. The van der Waals surface area contributed by atoms with Crippen molar-refractivity contribution in [2.45, 2.75) is 39.3 Å². The van der Waals surface area contributed by atoms with Crippen molar-refractivity contribution in [3.05, 3.63) is 30.4 Å². The smallest absolute Gasteiger partial charge is 0.220 e. The molecule has 2 heterocycles. The molecular weight excluding hydrogens is 254 g/mol. The maximum atomic E-state index is 11.9. The molecule has 0 fully saturated rings. The minimum Gasteiger partial charge on any atom is -0.375 e. The number of carbonyl (C=O) groups excluding carboxylic acids is 1. The number of hydrogen-bond donors (Lipinski definition) is 0. The van der Waals surface area contributed by atoms with E-state index in [2.05, 4.69) is 30.0 Å². The van der Waals surface area contributed by atoms with Crippen molar-refractivity contribution in [3.8, 4) is 0 Å². The Bertz CT molecular complexity index is 493. The number of ether oxygens (including phenoxy) is 1. The largest absolute Gasteiger partial charge is 0.375 e. The van der Waals surface area contributed by atoms with Crippen LogP contribution in [0.4, 0.5) is 0 Å². The van der Waals surface area contributed by atoms with Gasteiger partial charge in [-0.2, -0.15) is 0 Å². The highest BCUT2D eigenvalue weighted by molar-refractivity contribution is 5.74. The highest BCUT2D eigenvalue weighted by Gasteiger charge is 2.33. The highest BCUT2D eigenvalue weighted by atomic mass is 16.5. The lowest BCUT2D eigenvalue weighted by atomic mass is 10.0. The summed E-state index contributed by atoms with van der Waals surface area (Å²) in [5, 5.41) is 0. The summed E-state index contributed by atoms with van der Waals surface area (Å²) < 4.78 is 7.76. The van der Waals surface area contributed by atoms with Gasteiger partial charge in [0.15, 0.2) is 0 Å². The van der Waals surface area contributed by atoms with E-state index in [4.69, 9.17) is 4.74 Å². The van der Waals surface area contributed by atoms with Gasteiger partial charge in [0, 0.05) is 25.9 Å². The van der Waals surface area contributed by atoms with Crippen LogP contribution in [0.25, 0.3) is 0 Å².